The maximum atomic E-state index is 14.1. The summed E-state index contributed by atoms with van der Waals surface area (Å²) in [5, 5.41) is 2.85. The van der Waals surface area contributed by atoms with Crippen molar-refractivity contribution in [3.05, 3.63) is 89.7 Å². The summed E-state index contributed by atoms with van der Waals surface area (Å²) in [5.74, 6) is -1.12. The number of ether oxygens (including phenoxy) is 1. The topological polar surface area (TPSA) is 96.0 Å². The number of nitrogens with zero attached hydrogens (tertiary/aromatic N) is 2. The number of sulfonamides is 1. The van der Waals surface area contributed by atoms with E-state index in [1.54, 1.807) is 43.3 Å². The number of methoxy groups -OCH3 is 1. The Labute approximate surface area is 235 Å². The van der Waals surface area contributed by atoms with Gasteiger partial charge in [-0.05, 0) is 74.7 Å². The molecule has 10 heteroatoms. The molecule has 3 aromatic rings. The van der Waals surface area contributed by atoms with Crippen molar-refractivity contribution in [2.24, 2.45) is 0 Å². The van der Waals surface area contributed by atoms with Crippen LogP contribution in [0.15, 0.2) is 77.7 Å². The Balaban J connectivity index is 2.12. The van der Waals surface area contributed by atoms with Crippen molar-refractivity contribution < 1.29 is 27.1 Å². The zero-order valence-corrected chi connectivity index (χ0v) is 24.2. The quantitative estimate of drug-likeness (QED) is 0.342. The van der Waals surface area contributed by atoms with Crippen LogP contribution in [0.5, 0.6) is 5.75 Å². The molecule has 8 nitrogen and oxygen atoms in total. The van der Waals surface area contributed by atoms with Crippen LogP contribution < -0.4 is 14.4 Å². The van der Waals surface area contributed by atoms with Crippen molar-refractivity contribution in [3.63, 3.8) is 0 Å². The molecule has 1 unspecified atom stereocenters. The van der Waals surface area contributed by atoms with Gasteiger partial charge in [-0.25, -0.2) is 12.8 Å². The van der Waals surface area contributed by atoms with Crippen molar-refractivity contribution >= 4 is 27.5 Å². The fourth-order valence-electron chi connectivity index (χ4n) is 4.31. The van der Waals surface area contributed by atoms with E-state index in [0.29, 0.717) is 5.56 Å². The van der Waals surface area contributed by atoms with Gasteiger partial charge < -0.3 is 15.0 Å². The molecule has 0 aliphatic rings. The van der Waals surface area contributed by atoms with Gasteiger partial charge in [0, 0.05) is 12.6 Å². The highest BCUT2D eigenvalue weighted by Gasteiger charge is 2.35. The van der Waals surface area contributed by atoms with Crippen molar-refractivity contribution in [3.8, 4) is 5.75 Å². The van der Waals surface area contributed by atoms with Gasteiger partial charge in [0.1, 0.15) is 24.2 Å². The van der Waals surface area contributed by atoms with Crippen molar-refractivity contribution in [1.29, 1.82) is 0 Å². The summed E-state index contributed by atoms with van der Waals surface area (Å²) < 4.78 is 48.0. The summed E-state index contributed by atoms with van der Waals surface area (Å²) in [5.41, 5.74) is 1.56. The number of hydrogen-bond donors (Lipinski definition) is 1. The number of anilines is 1. The second kappa shape index (κ2) is 13.4. The zero-order chi connectivity index (χ0) is 29.4. The minimum Gasteiger partial charge on any atom is -0.495 e. The van der Waals surface area contributed by atoms with E-state index >= 15 is 0 Å². The third-order valence-electron chi connectivity index (χ3n) is 6.30. The second-order valence-electron chi connectivity index (χ2n) is 9.74. The van der Waals surface area contributed by atoms with Crippen LogP contribution in [-0.2, 0) is 26.2 Å². The Morgan fingerprint density at radius 3 is 2.23 bits per heavy atom. The fraction of sp³-hybridized carbons (Fsp3) is 0.333. The number of amides is 2. The summed E-state index contributed by atoms with van der Waals surface area (Å²) in [4.78, 5) is 28.6. The lowest BCUT2D eigenvalue weighted by Gasteiger charge is -2.34. The Kier molecular flexibility index (Phi) is 10.3. The molecule has 1 atom stereocenters. The van der Waals surface area contributed by atoms with Crippen LogP contribution in [-0.4, -0.2) is 50.9 Å². The van der Waals surface area contributed by atoms with Crippen LogP contribution in [0.25, 0.3) is 0 Å². The van der Waals surface area contributed by atoms with Gasteiger partial charge in [-0.1, -0.05) is 43.3 Å². The molecule has 0 spiro atoms. The predicted octanol–water partition coefficient (Wildman–Crippen LogP) is 4.67. The van der Waals surface area contributed by atoms with Gasteiger partial charge in [0.15, 0.2) is 0 Å². The van der Waals surface area contributed by atoms with Crippen molar-refractivity contribution in [2.75, 3.05) is 18.0 Å². The van der Waals surface area contributed by atoms with E-state index < -0.39 is 34.3 Å². The van der Waals surface area contributed by atoms with E-state index in [2.05, 4.69) is 5.32 Å². The van der Waals surface area contributed by atoms with E-state index in [1.165, 1.54) is 48.4 Å². The van der Waals surface area contributed by atoms with Crippen LogP contribution in [0, 0.1) is 12.7 Å². The summed E-state index contributed by atoms with van der Waals surface area (Å²) in [7, 11) is -2.80. The van der Waals surface area contributed by atoms with Crippen LogP contribution in [0.1, 0.15) is 38.3 Å². The van der Waals surface area contributed by atoms with E-state index in [1.807, 2.05) is 20.8 Å². The molecule has 0 fully saturated rings. The summed E-state index contributed by atoms with van der Waals surface area (Å²) in [6.45, 7) is 6.60. The average molecular weight is 570 g/mol. The second-order valence-corrected chi connectivity index (χ2v) is 11.6. The molecule has 40 heavy (non-hydrogen) atoms. The number of aryl methyl sites for hydroxylation is 1. The molecule has 2 amide bonds. The minimum absolute atomic E-state index is 0.000959. The van der Waals surface area contributed by atoms with Gasteiger partial charge in [-0.2, -0.15) is 0 Å². The first-order valence-electron chi connectivity index (χ1n) is 13.0. The highest BCUT2D eigenvalue weighted by molar-refractivity contribution is 7.92. The fourth-order valence-corrected chi connectivity index (χ4v) is 5.75. The summed E-state index contributed by atoms with van der Waals surface area (Å²) >= 11 is 0. The number of benzene rings is 3. The molecular weight excluding hydrogens is 533 g/mol. The van der Waals surface area contributed by atoms with Gasteiger partial charge in [-0.3, -0.25) is 13.9 Å². The van der Waals surface area contributed by atoms with Crippen molar-refractivity contribution in [1.82, 2.24) is 10.2 Å². The molecule has 3 aromatic carbocycles. The van der Waals surface area contributed by atoms with E-state index in [0.717, 1.165) is 9.87 Å². The number of rotatable bonds is 12. The number of carbonyl (C=O) groups excluding carboxylic acids is 2. The lowest BCUT2D eigenvalue weighted by atomic mass is 10.1. The maximum absolute atomic E-state index is 14.1. The molecule has 214 valence electrons. The average Bonchev–Trinajstić information content (AvgIpc) is 2.92. The Morgan fingerprint density at radius 2 is 1.65 bits per heavy atom. The SMILES string of the molecule is CCC(C(=O)NC(C)C)N(Cc1ccc(F)cc1)C(=O)CN(c1cc(C)ccc1OC)S(=O)(=O)c1ccccc1. The van der Waals surface area contributed by atoms with E-state index in [-0.39, 0.29) is 41.2 Å². The smallest absolute Gasteiger partial charge is 0.264 e. The lowest BCUT2D eigenvalue weighted by Crippen LogP contribution is -2.53. The monoisotopic (exact) mass is 569 g/mol. The maximum Gasteiger partial charge on any atom is 0.264 e. The number of hydrogen-bond acceptors (Lipinski definition) is 5. The Hall–Kier alpha value is -3.92. The first kappa shape index (κ1) is 30.6. The van der Waals surface area contributed by atoms with Gasteiger partial charge in [-0.15, -0.1) is 0 Å². The minimum atomic E-state index is -4.23. The Bertz CT molecular complexity index is 1410. The molecule has 0 aromatic heterocycles. The molecule has 1 N–H and O–H groups in total. The molecule has 0 radical (unpaired) electrons. The van der Waals surface area contributed by atoms with Gasteiger partial charge >= 0.3 is 0 Å². The van der Waals surface area contributed by atoms with E-state index in [9.17, 15) is 22.4 Å². The third kappa shape index (κ3) is 7.38. The molecule has 0 aliphatic carbocycles. The molecule has 0 saturated carbocycles. The lowest BCUT2D eigenvalue weighted by molar-refractivity contribution is -0.140. The summed E-state index contributed by atoms with van der Waals surface area (Å²) in [6, 6.07) is 17.4. The van der Waals surface area contributed by atoms with Gasteiger partial charge in [0.25, 0.3) is 10.0 Å². The highest BCUT2D eigenvalue weighted by Crippen LogP contribution is 2.33. The third-order valence-corrected chi connectivity index (χ3v) is 8.07. The van der Waals surface area contributed by atoms with Crippen LogP contribution >= 0.6 is 0 Å². The van der Waals surface area contributed by atoms with Crippen LogP contribution in [0.3, 0.4) is 0 Å². The molecule has 0 saturated heterocycles. The molecular formula is C30H36FN3O5S. The number of carbonyl (C=O) groups is 2. The normalized spacial score (nSPS) is 12.1. The largest absolute Gasteiger partial charge is 0.495 e. The molecule has 3 rings (SSSR count). The van der Waals surface area contributed by atoms with Gasteiger partial charge in [0.2, 0.25) is 11.8 Å². The Morgan fingerprint density at radius 1 is 1.00 bits per heavy atom. The van der Waals surface area contributed by atoms with Crippen LogP contribution in [0.4, 0.5) is 10.1 Å². The number of halogens is 1. The van der Waals surface area contributed by atoms with Crippen molar-refractivity contribution in [2.45, 2.75) is 57.6 Å². The first-order chi connectivity index (χ1) is 19.0. The van der Waals surface area contributed by atoms with Crippen LogP contribution in [0.2, 0.25) is 0 Å². The predicted molar refractivity (Wildman–Crippen MR) is 153 cm³/mol. The first-order valence-corrected chi connectivity index (χ1v) is 14.5. The highest BCUT2D eigenvalue weighted by atomic mass is 32.2. The molecule has 0 bridgehead atoms. The van der Waals surface area contributed by atoms with Gasteiger partial charge in [0.05, 0.1) is 17.7 Å². The standard InChI is InChI=1S/C30H36FN3O5S/c1-6-26(30(36)32-21(2)3)33(19-23-13-15-24(31)16-14-23)29(35)20-34(27-18-22(4)12-17-28(27)39-5)40(37,38)25-10-8-7-9-11-25/h7-18,21,26H,6,19-20H2,1-5H3,(H,32,36). The van der Waals surface area contributed by atoms with E-state index in [4.69, 9.17) is 4.74 Å². The molecule has 0 aliphatic heterocycles. The zero-order valence-electron chi connectivity index (χ0n) is 23.4. The number of nitrogens with one attached hydrogen (secondary N) is 1. The summed E-state index contributed by atoms with van der Waals surface area (Å²) in [6.07, 6.45) is 0.282. The molecule has 0 heterocycles.